The highest BCUT2D eigenvalue weighted by Crippen LogP contribution is 2.05. The summed E-state index contributed by atoms with van der Waals surface area (Å²) < 4.78 is 10.2. The van der Waals surface area contributed by atoms with Crippen LogP contribution in [0.1, 0.15) is 24.7 Å². The quantitative estimate of drug-likeness (QED) is 0.798. The normalized spacial score (nSPS) is 11.7. The number of carbonyl (C=O) groups excluding carboxylic acids is 2. The molecule has 0 radical (unpaired) electrons. The number of aryl methyl sites for hydroxylation is 1. The highest BCUT2D eigenvalue weighted by molar-refractivity contribution is 5.83. The molecule has 0 aliphatic rings. The van der Waals surface area contributed by atoms with Gasteiger partial charge in [0.25, 0.3) is 5.91 Å². The van der Waals surface area contributed by atoms with Crippen LogP contribution in [0.15, 0.2) is 53.1 Å². The van der Waals surface area contributed by atoms with Crippen LogP contribution in [0, 0.1) is 0 Å². The van der Waals surface area contributed by atoms with E-state index in [0.717, 1.165) is 5.56 Å². The molecule has 0 aliphatic heterocycles. The van der Waals surface area contributed by atoms with Gasteiger partial charge < -0.3 is 14.5 Å². The molecule has 1 aromatic carbocycles. The zero-order chi connectivity index (χ0) is 15.8. The van der Waals surface area contributed by atoms with Gasteiger partial charge in [0, 0.05) is 6.42 Å². The van der Waals surface area contributed by atoms with Crippen LogP contribution < -0.4 is 5.32 Å². The van der Waals surface area contributed by atoms with Gasteiger partial charge in [-0.05, 0) is 31.0 Å². The summed E-state index contributed by atoms with van der Waals surface area (Å²) in [5.41, 5.74) is 1.06. The number of benzene rings is 1. The van der Waals surface area contributed by atoms with Crippen molar-refractivity contribution in [3.05, 3.63) is 60.1 Å². The maximum Gasteiger partial charge on any atom is 0.306 e. The van der Waals surface area contributed by atoms with Gasteiger partial charge in [-0.25, -0.2) is 0 Å². The van der Waals surface area contributed by atoms with E-state index in [1.165, 1.54) is 6.26 Å². The van der Waals surface area contributed by atoms with Crippen LogP contribution in [-0.2, 0) is 27.3 Å². The standard InChI is InChI=1S/C17H19NO4/c1-13(17(20)18-12-15-8-5-11-21-15)22-16(19)10-9-14-6-3-2-4-7-14/h2-8,11,13H,9-10,12H2,1H3,(H,18,20)/t13-/m1/s1. The zero-order valence-electron chi connectivity index (χ0n) is 12.5. The highest BCUT2D eigenvalue weighted by atomic mass is 16.5. The third-order valence-corrected chi connectivity index (χ3v) is 3.16. The van der Waals surface area contributed by atoms with Crippen LogP contribution in [0.3, 0.4) is 0 Å². The summed E-state index contributed by atoms with van der Waals surface area (Å²) in [6, 6.07) is 13.2. The molecule has 5 heteroatoms. The van der Waals surface area contributed by atoms with Crippen molar-refractivity contribution in [2.45, 2.75) is 32.4 Å². The fraction of sp³-hybridized carbons (Fsp3) is 0.294. The first-order chi connectivity index (χ1) is 10.6. The lowest BCUT2D eigenvalue weighted by molar-refractivity contribution is -0.154. The molecule has 1 amide bonds. The predicted molar refractivity (Wildman–Crippen MR) is 80.9 cm³/mol. The molecule has 116 valence electrons. The van der Waals surface area contributed by atoms with Gasteiger partial charge in [-0.3, -0.25) is 9.59 Å². The Morgan fingerprint density at radius 3 is 2.64 bits per heavy atom. The number of nitrogens with one attached hydrogen (secondary N) is 1. The van der Waals surface area contributed by atoms with Crippen molar-refractivity contribution in [1.82, 2.24) is 5.32 Å². The molecule has 2 aromatic rings. The number of amides is 1. The zero-order valence-corrected chi connectivity index (χ0v) is 12.5. The van der Waals surface area contributed by atoms with E-state index >= 15 is 0 Å². The Hall–Kier alpha value is -2.56. The number of ether oxygens (including phenoxy) is 1. The van der Waals surface area contributed by atoms with Crippen LogP contribution in [-0.4, -0.2) is 18.0 Å². The van der Waals surface area contributed by atoms with Gasteiger partial charge in [-0.1, -0.05) is 30.3 Å². The van der Waals surface area contributed by atoms with E-state index in [9.17, 15) is 9.59 Å². The maximum atomic E-state index is 11.8. The topological polar surface area (TPSA) is 68.5 Å². The number of furan rings is 1. The Kier molecular flexibility index (Phi) is 5.77. The summed E-state index contributed by atoms with van der Waals surface area (Å²) in [5.74, 6) is -0.0788. The van der Waals surface area contributed by atoms with Crippen LogP contribution in [0.4, 0.5) is 0 Å². The fourth-order valence-electron chi connectivity index (χ4n) is 1.93. The molecule has 0 saturated carbocycles. The molecule has 0 bridgehead atoms. The average molecular weight is 301 g/mol. The van der Waals surface area contributed by atoms with Crippen molar-refractivity contribution in [3.63, 3.8) is 0 Å². The minimum Gasteiger partial charge on any atom is -0.467 e. The van der Waals surface area contributed by atoms with E-state index in [0.29, 0.717) is 12.2 Å². The molecule has 0 fully saturated rings. The first kappa shape index (κ1) is 15.8. The molecule has 1 N–H and O–H groups in total. The van der Waals surface area contributed by atoms with E-state index in [2.05, 4.69) is 5.32 Å². The molecule has 2 rings (SSSR count). The van der Waals surface area contributed by atoms with Crippen molar-refractivity contribution < 1.29 is 18.7 Å². The van der Waals surface area contributed by atoms with Gasteiger partial charge in [0.15, 0.2) is 6.10 Å². The summed E-state index contributed by atoms with van der Waals surface area (Å²) in [6.07, 6.45) is 1.56. The predicted octanol–water partition coefficient (Wildman–Crippen LogP) is 2.46. The molecule has 0 saturated heterocycles. The monoisotopic (exact) mass is 301 g/mol. The number of carbonyl (C=O) groups is 2. The van der Waals surface area contributed by atoms with Gasteiger partial charge in [-0.2, -0.15) is 0 Å². The molecule has 0 unspecified atom stereocenters. The van der Waals surface area contributed by atoms with E-state index in [4.69, 9.17) is 9.15 Å². The van der Waals surface area contributed by atoms with E-state index < -0.39 is 6.10 Å². The molecule has 5 nitrogen and oxygen atoms in total. The van der Waals surface area contributed by atoms with Gasteiger partial charge in [-0.15, -0.1) is 0 Å². The van der Waals surface area contributed by atoms with Crippen LogP contribution in [0.5, 0.6) is 0 Å². The van der Waals surface area contributed by atoms with E-state index in [-0.39, 0.29) is 24.8 Å². The van der Waals surface area contributed by atoms with Crippen LogP contribution in [0.2, 0.25) is 0 Å². The minimum atomic E-state index is -0.821. The Morgan fingerprint density at radius 2 is 1.95 bits per heavy atom. The Labute approximate surface area is 129 Å². The summed E-state index contributed by atoms with van der Waals surface area (Å²) in [4.78, 5) is 23.6. The van der Waals surface area contributed by atoms with Crippen molar-refractivity contribution in [2.24, 2.45) is 0 Å². The van der Waals surface area contributed by atoms with Crippen molar-refractivity contribution >= 4 is 11.9 Å². The second kappa shape index (κ2) is 8.02. The Bertz CT molecular complexity index is 592. The van der Waals surface area contributed by atoms with Crippen molar-refractivity contribution in [3.8, 4) is 0 Å². The molecule has 1 aromatic heterocycles. The largest absolute Gasteiger partial charge is 0.467 e. The van der Waals surface area contributed by atoms with Gasteiger partial charge >= 0.3 is 5.97 Å². The lowest BCUT2D eigenvalue weighted by Gasteiger charge is -2.13. The van der Waals surface area contributed by atoms with E-state index in [1.54, 1.807) is 19.1 Å². The minimum absolute atomic E-state index is 0.250. The SMILES string of the molecule is C[C@@H](OC(=O)CCc1ccccc1)C(=O)NCc1ccco1. The molecule has 1 heterocycles. The smallest absolute Gasteiger partial charge is 0.306 e. The molecule has 22 heavy (non-hydrogen) atoms. The van der Waals surface area contributed by atoms with E-state index in [1.807, 2.05) is 30.3 Å². The van der Waals surface area contributed by atoms with Gasteiger partial charge in [0.05, 0.1) is 12.8 Å². The number of hydrogen-bond donors (Lipinski definition) is 1. The molecule has 1 atom stereocenters. The second-order valence-corrected chi connectivity index (χ2v) is 4.91. The average Bonchev–Trinajstić information content (AvgIpc) is 3.05. The van der Waals surface area contributed by atoms with Crippen molar-refractivity contribution in [2.75, 3.05) is 0 Å². The summed E-state index contributed by atoms with van der Waals surface area (Å²) in [7, 11) is 0. The van der Waals surface area contributed by atoms with Gasteiger partial charge in [0.1, 0.15) is 5.76 Å². The lowest BCUT2D eigenvalue weighted by atomic mass is 10.1. The van der Waals surface area contributed by atoms with Crippen LogP contribution in [0.25, 0.3) is 0 Å². The molecule has 0 aliphatic carbocycles. The maximum absolute atomic E-state index is 11.8. The third-order valence-electron chi connectivity index (χ3n) is 3.16. The Balaban J connectivity index is 1.70. The number of hydrogen-bond acceptors (Lipinski definition) is 4. The number of rotatable bonds is 7. The highest BCUT2D eigenvalue weighted by Gasteiger charge is 2.17. The van der Waals surface area contributed by atoms with Crippen LogP contribution >= 0.6 is 0 Å². The fourth-order valence-corrected chi connectivity index (χ4v) is 1.93. The first-order valence-corrected chi connectivity index (χ1v) is 7.18. The first-order valence-electron chi connectivity index (χ1n) is 7.18. The molecular formula is C17H19NO4. The molecular weight excluding hydrogens is 282 g/mol. The second-order valence-electron chi connectivity index (χ2n) is 4.91. The summed E-state index contributed by atoms with van der Waals surface area (Å²) in [5, 5.41) is 2.65. The van der Waals surface area contributed by atoms with Gasteiger partial charge in [0.2, 0.25) is 0 Å². The molecule has 0 spiro atoms. The van der Waals surface area contributed by atoms with Crippen molar-refractivity contribution in [1.29, 1.82) is 0 Å². The number of esters is 1. The summed E-state index contributed by atoms with van der Waals surface area (Å²) >= 11 is 0. The summed E-state index contributed by atoms with van der Waals surface area (Å²) in [6.45, 7) is 1.83. The lowest BCUT2D eigenvalue weighted by Crippen LogP contribution is -2.35. The Morgan fingerprint density at radius 1 is 1.18 bits per heavy atom. The third kappa shape index (κ3) is 5.09.